The summed E-state index contributed by atoms with van der Waals surface area (Å²) in [5.41, 5.74) is 2.30. The van der Waals surface area contributed by atoms with Gasteiger partial charge in [0.25, 0.3) is 0 Å². The Morgan fingerprint density at radius 2 is 1.76 bits per heavy atom. The van der Waals surface area contributed by atoms with Crippen LogP contribution in [0, 0.1) is 5.82 Å². The summed E-state index contributed by atoms with van der Waals surface area (Å²) in [7, 11) is 0. The second-order valence-electron chi connectivity index (χ2n) is 5.79. The van der Waals surface area contributed by atoms with Crippen molar-refractivity contribution in [3.8, 4) is 0 Å². The van der Waals surface area contributed by atoms with Crippen LogP contribution >= 0.6 is 11.3 Å². The Bertz CT molecular complexity index is 950. The fourth-order valence-corrected chi connectivity index (χ4v) is 3.67. The van der Waals surface area contributed by atoms with Gasteiger partial charge in [0.1, 0.15) is 11.9 Å². The summed E-state index contributed by atoms with van der Waals surface area (Å²) in [5, 5.41) is 4.91. The lowest BCUT2D eigenvalue weighted by molar-refractivity contribution is -0.117. The first kappa shape index (κ1) is 15.7. The number of hydrogen-bond donors (Lipinski definition) is 1. The van der Waals surface area contributed by atoms with Gasteiger partial charge in [0, 0.05) is 22.4 Å². The van der Waals surface area contributed by atoms with Gasteiger partial charge in [-0.05, 0) is 29.6 Å². The maximum absolute atomic E-state index is 14.4. The Hall–Kier alpha value is -2.79. The van der Waals surface area contributed by atoms with Gasteiger partial charge in [0.2, 0.25) is 5.91 Å². The van der Waals surface area contributed by atoms with Crippen molar-refractivity contribution in [1.29, 1.82) is 0 Å². The average molecular weight is 350 g/mol. The van der Waals surface area contributed by atoms with E-state index in [0.717, 1.165) is 10.4 Å². The molecule has 4 rings (SSSR count). The monoisotopic (exact) mass is 350 g/mol. The van der Waals surface area contributed by atoms with Crippen molar-refractivity contribution in [1.82, 2.24) is 0 Å². The number of fused-ring (bicyclic) bond motifs is 1. The van der Waals surface area contributed by atoms with E-state index in [9.17, 15) is 9.18 Å². The maximum atomic E-state index is 14.4. The molecule has 3 aromatic rings. The Morgan fingerprint density at radius 3 is 2.52 bits per heavy atom. The van der Waals surface area contributed by atoms with Crippen LogP contribution in [0.1, 0.15) is 16.0 Å². The molecule has 0 aliphatic carbocycles. The molecule has 1 aliphatic rings. The van der Waals surface area contributed by atoms with Crippen molar-refractivity contribution in [3.63, 3.8) is 0 Å². The third kappa shape index (κ3) is 3.10. The first-order valence-electron chi connectivity index (χ1n) is 7.98. The van der Waals surface area contributed by atoms with E-state index in [1.165, 1.54) is 6.07 Å². The van der Waals surface area contributed by atoms with Crippen molar-refractivity contribution in [2.75, 3.05) is 5.32 Å². The van der Waals surface area contributed by atoms with Gasteiger partial charge in [-0.1, -0.05) is 36.4 Å². The van der Waals surface area contributed by atoms with Crippen LogP contribution in [0.2, 0.25) is 0 Å². The minimum atomic E-state index is -0.597. The van der Waals surface area contributed by atoms with Crippen LogP contribution in [-0.4, -0.2) is 17.7 Å². The van der Waals surface area contributed by atoms with Gasteiger partial charge in [0.15, 0.2) is 0 Å². The number of aliphatic imine (C=N–C) groups is 1. The molecule has 25 heavy (non-hydrogen) atoms. The van der Waals surface area contributed by atoms with Crippen molar-refractivity contribution in [3.05, 3.63) is 87.9 Å². The van der Waals surface area contributed by atoms with E-state index in [1.54, 1.807) is 29.5 Å². The lowest BCUT2D eigenvalue weighted by Crippen LogP contribution is -2.27. The lowest BCUT2D eigenvalue weighted by Gasteiger charge is -2.10. The van der Waals surface area contributed by atoms with Gasteiger partial charge in [-0.15, -0.1) is 11.3 Å². The Kier molecular flexibility index (Phi) is 4.15. The molecule has 0 saturated heterocycles. The normalized spacial score (nSPS) is 16.6. The van der Waals surface area contributed by atoms with Gasteiger partial charge >= 0.3 is 0 Å². The third-order valence-corrected chi connectivity index (χ3v) is 5.03. The molecule has 0 bridgehead atoms. The molecule has 1 amide bonds. The van der Waals surface area contributed by atoms with Gasteiger partial charge < -0.3 is 5.32 Å². The minimum Gasteiger partial charge on any atom is -0.324 e. The van der Waals surface area contributed by atoms with Crippen molar-refractivity contribution >= 4 is 28.6 Å². The van der Waals surface area contributed by atoms with Crippen LogP contribution < -0.4 is 5.32 Å². The first-order chi connectivity index (χ1) is 12.2. The highest BCUT2D eigenvalue weighted by Gasteiger charge is 2.27. The molecule has 2 aromatic carbocycles. The van der Waals surface area contributed by atoms with E-state index < -0.39 is 6.04 Å². The largest absolute Gasteiger partial charge is 0.324 e. The van der Waals surface area contributed by atoms with Crippen LogP contribution in [0.5, 0.6) is 0 Å². The number of carbonyl (C=O) groups is 1. The summed E-state index contributed by atoms with van der Waals surface area (Å²) >= 11 is 1.59. The zero-order chi connectivity index (χ0) is 17.2. The second kappa shape index (κ2) is 6.61. The van der Waals surface area contributed by atoms with E-state index in [4.69, 9.17) is 0 Å². The number of amides is 1. The van der Waals surface area contributed by atoms with E-state index in [1.807, 2.05) is 41.8 Å². The summed E-state index contributed by atoms with van der Waals surface area (Å²) in [6.45, 7) is 0. The molecule has 124 valence electrons. The van der Waals surface area contributed by atoms with E-state index >= 15 is 0 Å². The van der Waals surface area contributed by atoms with E-state index in [2.05, 4.69) is 10.3 Å². The smallest absolute Gasteiger partial charge is 0.249 e. The van der Waals surface area contributed by atoms with E-state index in [0.29, 0.717) is 23.4 Å². The number of carbonyl (C=O) groups excluding carboxylic acids is 1. The molecule has 1 aliphatic heterocycles. The Labute approximate surface area is 148 Å². The SMILES string of the molecule is O=C1Nc2ccccc2C(c2ccccc2F)=N[C@H]1Cc1cccs1. The number of para-hydroxylation sites is 1. The predicted octanol–water partition coefficient (Wildman–Crippen LogP) is 4.29. The number of thiophene rings is 1. The fraction of sp³-hybridized carbons (Fsp3) is 0.100. The molecule has 0 fully saturated rings. The van der Waals surface area contributed by atoms with Gasteiger partial charge in [-0.3, -0.25) is 9.79 Å². The number of benzene rings is 2. The molecule has 1 atom stereocenters. The number of hydrogen-bond acceptors (Lipinski definition) is 3. The zero-order valence-corrected chi connectivity index (χ0v) is 14.1. The number of nitrogens with zero attached hydrogens (tertiary/aromatic N) is 1. The first-order valence-corrected chi connectivity index (χ1v) is 8.85. The van der Waals surface area contributed by atoms with Crippen LogP contribution in [-0.2, 0) is 11.2 Å². The maximum Gasteiger partial charge on any atom is 0.249 e. The molecule has 0 unspecified atom stereocenters. The molecule has 1 N–H and O–H groups in total. The highest BCUT2D eigenvalue weighted by molar-refractivity contribution is 7.09. The summed E-state index contributed by atoms with van der Waals surface area (Å²) in [4.78, 5) is 18.4. The summed E-state index contributed by atoms with van der Waals surface area (Å²) in [6, 6.07) is 17.2. The fourth-order valence-electron chi connectivity index (χ4n) is 2.92. The number of nitrogens with one attached hydrogen (secondary N) is 1. The minimum absolute atomic E-state index is 0.174. The summed E-state index contributed by atoms with van der Waals surface area (Å²) < 4.78 is 14.4. The van der Waals surface area contributed by atoms with Crippen LogP contribution in [0.25, 0.3) is 0 Å². The molecule has 5 heteroatoms. The Morgan fingerprint density at radius 1 is 1.00 bits per heavy atom. The standard InChI is InChI=1S/C20H15FN2OS/c21-16-9-3-1-7-14(16)19-15-8-2-4-10-17(15)23-20(24)18(22-19)12-13-6-5-11-25-13/h1-11,18H,12H2,(H,23,24)/t18-/m0/s1. The molecule has 3 nitrogen and oxygen atoms in total. The quantitative estimate of drug-likeness (QED) is 0.752. The van der Waals surface area contributed by atoms with Crippen molar-refractivity contribution < 1.29 is 9.18 Å². The predicted molar refractivity (Wildman–Crippen MR) is 98.9 cm³/mol. The summed E-state index contributed by atoms with van der Waals surface area (Å²) in [6.07, 6.45) is 0.495. The van der Waals surface area contributed by atoms with Gasteiger partial charge in [0.05, 0.1) is 11.4 Å². The lowest BCUT2D eigenvalue weighted by atomic mass is 10.00. The molecular formula is C20H15FN2OS. The van der Waals surface area contributed by atoms with Crippen molar-refractivity contribution in [2.24, 2.45) is 4.99 Å². The van der Waals surface area contributed by atoms with Crippen LogP contribution in [0.3, 0.4) is 0 Å². The number of anilines is 1. The molecule has 0 saturated carbocycles. The third-order valence-electron chi connectivity index (χ3n) is 4.13. The number of halogens is 1. The average Bonchev–Trinajstić information content (AvgIpc) is 3.08. The molecule has 1 aromatic heterocycles. The highest BCUT2D eigenvalue weighted by Crippen LogP contribution is 2.26. The highest BCUT2D eigenvalue weighted by atomic mass is 32.1. The number of rotatable bonds is 3. The Balaban J connectivity index is 1.85. The molecule has 2 heterocycles. The van der Waals surface area contributed by atoms with E-state index in [-0.39, 0.29) is 11.7 Å². The summed E-state index contributed by atoms with van der Waals surface area (Å²) in [5.74, 6) is -0.521. The molecule has 0 radical (unpaired) electrons. The number of benzodiazepines with no additional fused rings is 1. The van der Waals surface area contributed by atoms with Crippen LogP contribution in [0.4, 0.5) is 10.1 Å². The molecular weight excluding hydrogens is 335 g/mol. The second-order valence-corrected chi connectivity index (χ2v) is 6.82. The van der Waals surface area contributed by atoms with Gasteiger partial charge in [-0.2, -0.15) is 0 Å². The van der Waals surface area contributed by atoms with Crippen LogP contribution in [0.15, 0.2) is 71.0 Å². The molecule has 0 spiro atoms. The topological polar surface area (TPSA) is 41.5 Å². The van der Waals surface area contributed by atoms with Gasteiger partial charge in [-0.25, -0.2) is 4.39 Å². The zero-order valence-electron chi connectivity index (χ0n) is 13.3. The van der Waals surface area contributed by atoms with Crippen molar-refractivity contribution in [2.45, 2.75) is 12.5 Å².